The zero-order valence-electron chi connectivity index (χ0n) is 11.6. The van der Waals surface area contributed by atoms with Crippen molar-refractivity contribution in [3.05, 3.63) is 33.3 Å². The molecule has 0 aliphatic carbocycles. The molecule has 1 aromatic rings. The summed E-state index contributed by atoms with van der Waals surface area (Å²) in [6.45, 7) is 1.13. The van der Waals surface area contributed by atoms with Crippen LogP contribution in [-0.2, 0) is 9.59 Å². The van der Waals surface area contributed by atoms with Crippen molar-refractivity contribution in [2.75, 3.05) is 25.0 Å². The van der Waals surface area contributed by atoms with Crippen molar-refractivity contribution in [1.82, 2.24) is 4.90 Å². The molecule has 1 saturated heterocycles. The second-order valence-corrected chi connectivity index (χ2v) is 5.40. The molecule has 0 spiro atoms. The highest BCUT2D eigenvalue weighted by molar-refractivity contribution is 6.33. The lowest BCUT2D eigenvalue weighted by atomic mass is 10.1. The Balaban J connectivity index is 1.88. The smallest absolute Gasteiger partial charge is 0.271 e. The molecule has 9 heteroatoms. The van der Waals surface area contributed by atoms with Crippen LogP contribution in [0, 0.1) is 16.0 Å². The molecular weight excluding hydrogens is 312 g/mol. The number of carbonyl (C=O) groups excluding carboxylic acids is 2. The van der Waals surface area contributed by atoms with Crippen molar-refractivity contribution in [1.29, 1.82) is 0 Å². The maximum atomic E-state index is 11.7. The van der Waals surface area contributed by atoms with Gasteiger partial charge in [-0.05, 0) is 6.07 Å². The predicted octanol–water partition coefficient (Wildman–Crippen LogP) is 0.994. The van der Waals surface area contributed by atoms with Gasteiger partial charge in [0.25, 0.3) is 5.69 Å². The van der Waals surface area contributed by atoms with Crippen molar-refractivity contribution in [2.45, 2.75) is 6.42 Å². The molecule has 1 aliphatic rings. The van der Waals surface area contributed by atoms with Crippen molar-refractivity contribution < 1.29 is 14.5 Å². The van der Waals surface area contributed by atoms with E-state index in [9.17, 15) is 19.7 Å². The fraction of sp³-hybridized carbons (Fsp3) is 0.385. The summed E-state index contributed by atoms with van der Waals surface area (Å²) in [7, 11) is 0. The van der Waals surface area contributed by atoms with E-state index in [0.717, 1.165) is 0 Å². The summed E-state index contributed by atoms with van der Waals surface area (Å²) in [6, 6.07) is 4.12. The largest absolute Gasteiger partial charge is 0.382 e. The van der Waals surface area contributed by atoms with E-state index in [-0.39, 0.29) is 23.0 Å². The van der Waals surface area contributed by atoms with E-state index in [1.54, 1.807) is 4.90 Å². The number of benzene rings is 1. The molecule has 2 amide bonds. The zero-order valence-corrected chi connectivity index (χ0v) is 12.4. The van der Waals surface area contributed by atoms with Gasteiger partial charge < -0.3 is 16.0 Å². The number of non-ortho nitro benzene ring substituents is 1. The van der Waals surface area contributed by atoms with E-state index in [0.29, 0.717) is 25.3 Å². The number of amides is 2. The Kier molecular flexibility index (Phi) is 4.81. The molecule has 22 heavy (non-hydrogen) atoms. The Morgan fingerprint density at radius 2 is 2.27 bits per heavy atom. The molecule has 1 fully saturated rings. The van der Waals surface area contributed by atoms with Gasteiger partial charge in [0, 0.05) is 38.2 Å². The van der Waals surface area contributed by atoms with Crippen molar-refractivity contribution in [2.24, 2.45) is 11.7 Å². The van der Waals surface area contributed by atoms with Crippen molar-refractivity contribution >= 4 is 34.8 Å². The van der Waals surface area contributed by atoms with E-state index >= 15 is 0 Å². The van der Waals surface area contributed by atoms with Gasteiger partial charge in [-0.2, -0.15) is 0 Å². The van der Waals surface area contributed by atoms with Crippen LogP contribution in [0.1, 0.15) is 6.42 Å². The number of nitrogens with two attached hydrogens (primary N) is 1. The molecule has 0 radical (unpaired) electrons. The van der Waals surface area contributed by atoms with E-state index in [1.165, 1.54) is 18.2 Å². The number of rotatable bonds is 6. The van der Waals surface area contributed by atoms with Gasteiger partial charge in [0.1, 0.15) is 0 Å². The molecule has 2 rings (SSSR count). The quantitative estimate of drug-likeness (QED) is 0.597. The number of nitrogens with one attached hydrogen (secondary N) is 1. The van der Waals surface area contributed by atoms with E-state index in [1.807, 2.05) is 0 Å². The highest BCUT2D eigenvalue weighted by Crippen LogP contribution is 2.26. The molecule has 1 atom stereocenters. The fourth-order valence-corrected chi connectivity index (χ4v) is 2.51. The Labute approximate surface area is 131 Å². The van der Waals surface area contributed by atoms with E-state index in [2.05, 4.69) is 5.32 Å². The van der Waals surface area contributed by atoms with Crippen molar-refractivity contribution in [3.8, 4) is 0 Å². The van der Waals surface area contributed by atoms with Crippen LogP contribution in [0.5, 0.6) is 0 Å². The van der Waals surface area contributed by atoms with E-state index < -0.39 is 16.7 Å². The van der Waals surface area contributed by atoms with Crippen LogP contribution in [0.2, 0.25) is 5.02 Å². The minimum absolute atomic E-state index is 0.0884. The number of anilines is 1. The van der Waals surface area contributed by atoms with Gasteiger partial charge in [-0.1, -0.05) is 11.6 Å². The molecule has 1 aliphatic heterocycles. The normalized spacial score (nSPS) is 17.6. The second-order valence-electron chi connectivity index (χ2n) is 4.99. The molecule has 118 valence electrons. The Hall–Kier alpha value is -2.35. The van der Waals surface area contributed by atoms with Gasteiger partial charge >= 0.3 is 0 Å². The first kappa shape index (κ1) is 16.0. The summed E-state index contributed by atoms with van der Waals surface area (Å²) in [5, 5.41) is 13.9. The van der Waals surface area contributed by atoms with Crippen LogP contribution in [0.3, 0.4) is 0 Å². The monoisotopic (exact) mass is 326 g/mol. The highest BCUT2D eigenvalue weighted by atomic mass is 35.5. The summed E-state index contributed by atoms with van der Waals surface area (Å²) >= 11 is 5.95. The number of hydrogen-bond acceptors (Lipinski definition) is 5. The van der Waals surface area contributed by atoms with Crippen LogP contribution in [0.4, 0.5) is 11.4 Å². The van der Waals surface area contributed by atoms with E-state index in [4.69, 9.17) is 17.3 Å². The van der Waals surface area contributed by atoms with Gasteiger partial charge in [-0.3, -0.25) is 19.7 Å². The lowest BCUT2D eigenvalue weighted by molar-refractivity contribution is -0.384. The number of likely N-dealkylation sites (tertiary alicyclic amines) is 1. The SMILES string of the molecule is NC(=O)[C@@H]1CC(=O)N(CCNc2ccc([N+](=O)[O-])cc2Cl)C1. The number of nitro benzene ring substituents is 1. The van der Waals surface area contributed by atoms with Crippen LogP contribution in [0.15, 0.2) is 18.2 Å². The third-order valence-corrected chi connectivity index (χ3v) is 3.79. The second kappa shape index (κ2) is 6.61. The molecule has 3 N–H and O–H groups in total. The summed E-state index contributed by atoms with van der Waals surface area (Å²) in [6.07, 6.45) is 0.146. The maximum Gasteiger partial charge on any atom is 0.271 e. The molecule has 0 saturated carbocycles. The first-order chi connectivity index (χ1) is 10.4. The topological polar surface area (TPSA) is 119 Å². The number of carbonyl (C=O) groups is 2. The lowest BCUT2D eigenvalue weighted by Crippen LogP contribution is -2.32. The number of primary amides is 1. The Bertz CT molecular complexity index is 622. The number of nitro groups is 1. The standard InChI is InChI=1S/C13H15ClN4O4/c14-10-6-9(18(21)22)1-2-11(10)16-3-4-17-7-8(13(15)20)5-12(17)19/h1-2,6,8,16H,3-5,7H2,(H2,15,20)/t8-/m1/s1. The van der Waals surface area contributed by atoms with Crippen LogP contribution >= 0.6 is 11.6 Å². The highest BCUT2D eigenvalue weighted by Gasteiger charge is 2.32. The molecule has 8 nitrogen and oxygen atoms in total. The van der Waals surface area contributed by atoms with Gasteiger partial charge in [0.05, 0.1) is 21.6 Å². The Morgan fingerprint density at radius 3 is 2.82 bits per heavy atom. The number of nitrogens with zero attached hydrogens (tertiary/aromatic N) is 2. The maximum absolute atomic E-state index is 11.7. The molecule has 1 aromatic carbocycles. The molecule has 1 heterocycles. The average molecular weight is 327 g/mol. The minimum Gasteiger partial charge on any atom is -0.382 e. The van der Waals surface area contributed by atoms with Gasteiger partial charge in [0.2, 0.25) is 11.8 Å². The first-order valence-electron chi connectivity index (χ1n) is 6.63. The van der Waals surface area contributed by atoms with Crippen molar-refractivity contribution in [3.63, 3.8) is 0 Å². The molecule has 0 unspecified atom stereocenters. The predicted molar refractivity (Wildman–Crippen MR) is 80.5 cm³/mol. The fourth-order valence-electron chi connectivity index (χ4n) is 2.27. The van der Waals surface area contributed by atoms with Crippen LogP contribution in [0.25, 0.3) is 0 Å². The molecule has 0 bridgehead atoms. The van der Waals surface area contributed by atoms with Crippen LogP contribution in [-0.4, -0.2) is 41.3 Å². The third kappa shape index (κ3) is 3.64. The average Bonchev–Trinajstić information content (AvgIpc) is 2.82. The number of hydrogen-bond donors (Lipinski definition) is 2. The lowest BCUT2D eigenvalue weighted by Gasteiger charge is -2.17. The van der Waals surface area contributed by atoms with Gasteiger partial charge in [-0.15, -0.1) is 0 Å². The summed E-state index contributed by atoms with van der Waals surface area (Å²) in [5.74, 6) is -1.02. The zero-order chi connectivity index (χ0) is 16.3. The molecular formula is C13H15ClN4O4. The summed E-state index contributed by atoms with van der Waals surface area (Å²) in [4.78, 5) is 34.4. The molecule has 0 aromatic heterocycles. The summed E-state index contributed by atoms with van der Waals surface area (Å²) < 4.78 is 0. The summed E-state index contributed by atoms with van der Waals surface area (Å²) in [5.41, 5.74) is 5.65. The first-order valence-corrected chi connectivity index (χ1v) is 7.01. The third-order valence-electron chi connectivity index (χ3n) is 3.48. The Morgan fingerprint density at radius 1 is 1.55 bits per heavy atom. The van der Waals surface area contributed by atoms with Gasteiger partial charge in [0.15, 0.2) is 0 Å². The minimum atomic E-state index is -0.525. The van der Waals surface area contributed by atoms with Crippen LogP contribution < -0.4 is 11.1 Å². The number of halogens is 1. The van der Waals surface area contributed by atoms with Gasteiger partial charge in [-0.25, -0.2) is 0 Å².